The number of piperidine rings is 1. The average Bonchev–Trinajstić information content (AvgIpc) is 3.16. The highest BCUT2D eigenvalue weighted by Gasteiger charge is 2.27. The van der Waals surface area contributed by atoms with Crippen LogP contribution in [0.5, 0.6) is 0 Å². The highest BCUT2D eigenvalue weighted by molar-refractivity contribution is 5.92. The van der Waals surface area contributed by atoms with Crippen LogP contribution in [0.4, 0.5) is 5.69 Å². The molecule has 1 unspecified atom stereocenters. The van der Waals surface area contributed by atoms with E-state index in [0.717, 1.165) is 51.5 Å². The summed E-state index contributed by atoms with van der Waals surface area (Å²) >= 11 is 0. The molecule has 2 aliphatic rings. The zero-order chi connectivity index (χ0) is 20.2. The number of likely N-dealkylation sites (tertiary alicyclic amines) is 1. The second-order valence-corrected chi connectivity index (χ2v) is 8.03. The van der Waals surface area contributed by atoms with Crippen molar-refractivity contribution in [1.29, 1.82) is 0 Å². The Balaban J connectivity index is 1.48. The minimum absolute atomic E-state index is 0.0280. The van der Waals surface area contributed by atoms with E-state index in [2.05, 4.69) is 50.0 Å². The largest absolute Gasteiger partial charge is 0.378 e. The number of ether oxygens (including phenoxy) is 1. The van der Waals surface area contributed by atoms with Crippen molar-refractivity contribution in [3.8, 4) is 0 Å². The molecule has 2 aromatic rings. The van der Waals surface area contributed by atoms with Crippen LogP contribution in [0.1, 0.15) is 47.1 Å². The van der Waals surface area contributed by atoms with Crippen molar-refractivity contribution in [2.24, 2.45) is 7.05 Å². The van der Waals surface area contributed by atoms with Gasteiger partial charge < -0.3 is 19.5 Å². The van der Waals surface area contributed by atoms with Crippen LogP contribution in [0.3, 0.4) is 0 Å². The topological polar surface area (TPSA) is 49.7 Å². The van der Waals surface area contributed by atoms with Gasteiger partial charge in [0.1, 0.15) is 5.69 Å². The summed E-state index contributed by atoms with van der Waals surface area (Å²) in [6.07, 6.45) is 3.60. The van der Waals surface area contributed by atoms with Gasteiger partial charge in [-0.05, 0) is 49.2 Å². The minimum Gasteiger partial charge on any atom is -0.378 e. The van der Waals surface area contributed by atoms with Crippen LogP contribution in [0.15, 0.2) is 36.4 Å². The smallest absolute Gasteiger partial charge is 0.267 e. The first-order valence-electron chi connectivity index (χ1n) is 10.7. The molecule has 6 heteroatoms. The summed E-state index contributed by atoms with van der Waals surface area (Å²) in [7, 11) is 3.69. The SMILES string of the molecule is CNC(=O)c1ccc(C2CCCCN2Cc2ccc(N3CCOCC3)cc2)n1C. The molecule has 1 amide bonds. The van der Waals surface area contributed by atoms with Crippen LogP contribution in [-0.4, -0.2) is 55.3 Å². The van der Waals surface area contributed by atoms with Crippen molar-refractivity contribution in [3.05, 3.63) is 53.3 Å². The molecule has 0 bridgehead atoms. The molecule has 2 saturated heterocycles. The maximum atomic E-state index is 12.1. The van der Waals surface area contributed by atoms with E-state index in [-0.39, 0.29) is 5.91 Å². The molecule has 4 rings (SSSR count). The van der Waals surface area contributed by atoms with Crippen molar-refractivity contribution in [2.45, 2.75) is 31.8 Å². The van der Waals surface area contributed by atoms with E-state index in [1.807, 2.05) is 13.1 Å². The number of hydrogen-bond donors (Lipinski definition) is 1. The molecule has 3 heterocycles. The molecular formula is C23H32N4O2. The van der Waals surface area contributed by atoms with Crippen molar-refractivity contribution in [3.63, 3.8) is 0 Å². The van der Waals surface area contributed by atoms with Gasteiger partial charge in [0.25, 0.3) is 5.91 Å². The molecule has 2 aliphatic heterocycles. The number of nitrogens with one attached hydrogen (secondary N) is 1. The highest BCUT2D eigenvalue weighted by atomic mass is 16.5. The predicted octanol–water partition coefficient (Wildman–Crippen LogP) is 2.95. The van der Waals surface area contributed by atoms with E-state index in [1.54, 1.807) is 7.05 Å². The molecule has 1 atom stereocenters. The molecule has 0 aliphatic carbocycles. The van der Waals surface area contributed by atoms with E-state index < -0.39 is 0 Å². The number of anilines is 1. The lowest BCUT2D eigenvalue weighted by atomic mass is 9.98. The number of benzene rings is 1. The van der Waals surface area contributed by atoms with Gasteiger partial charge in [0.15, 0.2) is 0 Å². The molecule has 156 valence electrons. The number of carbonyl (C=O) groups excluding carboxylic acids is 1. The van der Waals surface area contributed by atoms with Crippen LogP contribution >= 0.6 is 0 Å². The number of amides is 1. The second-order valence-electron chi connectivity index (χ2n) is 8.03. The first-order valence-corrected chi connectivity index (χ1v) is 10.7. The van der Waals surface area contributed by atoms with Gasteiger partial charge in [0.05, 0.1) is 19.3 Å². The third kappa shape index (κ3) is 4.33. The molecular weight excluding hydrogens is 364 g/mol. The number of hydrogen-bond acceptors (Lipinski definition) is 4. The minimum atomic E-state index is -0.0280. The maximum absolute atomic E-state index is 12.1. The summed E-state index contributed by atoms with van der Waals surface area (Å²) in [5, 5.41) is 2.74. The third-order valence-electron chi connectivity index (χ3n) is 6.27. The lowest BCUT2D eigenvalue weighted by Gasteiger charge is -2.36. The first kappa shape index (κ1) is 20.0. The van der Waals surface area contributed by atoms with Gasteiger partial charge >= 0.3 is 0 Å². The predicted molar refractivity (Wildman–Crippen MR) is 115 cm³/mol. The van der Waals surface area contributed by atoms with E-state index in [1.165, 1.54) is 29.8 Å². The molecule has 29 heavy (non-hydrogen) atoms. The molecule has 2 fully saturated rings. The molecule has 1 aromatic carbocycles. The summed E-state index contributed by atoms with van der Waals surface area (Å²) in [5.41, 5.74) is 4.58. The fourth-order valence-corrected chi connectivity index (χ4v) is 4.60. The number of rotatable bonds is 5. The van der Waals surface area contributed by atoms with Crippen molar-refractivity contribution in [1.82, 2.24) is 14.8 Å². The Kier molecular flexibility index (Phi) is 6.21. The highest BCUT2D eigenvalue weighted by Crippen LogP contribution is 2.33. The van der Waals surface area contributed by atoms with Crippen molar-refractivity contribution >= 4 is 11.6 Å². The maximum Gasteiger partial charge on any atom is 0.267 e. The number of carbonyl (C=O) groups is 1. The van der Waals surface area contributed by atoms with Gasteiger partial charge in [-0.1, -0.05) is 18.6 Å². The Morgan fingerprint density at radius 1 is 1.07 bits per heavy atom. The number of morpholine rings is 1. The van der Waals surface area contributed by atoms with Crippen LogP contribution in [0.25, 0.3) is 0 Å². The first-order chi connectivity index (χ1) is 14.2. The van der Waals surface area contributed by atoms with E-state index in [4.69, 9.17) is 4.74 Å². The number of aromatic nitrogens is 1. The van der Waals surface area contributed by atoms with Gasteiger partial charge in [-0.15, -0.1) is 0 Å². The second kappa shape index (κ2) is 9.01. The molecule has 0 saturated carbocycles. The Morgan fingerprint density at radius 2 is 1.83 bits per heavy atom. The summed E-state index contributed by atoms with van der Waals surface area (Å²) in [6, 6.07) is 13.4. The van der Waals surface area contributed by atoms with Gasteiger partial charge in [-0.3, -0.25) is 9.69 Å². The Labute approximate surface area is 173 Å². The molecule has 1 N–H and O–H groups in total. The van der Waals surface area contributed by atoms with E-state index in [0.29, 0.717) is 6.04 Å². The van der Waals surface area contributed by atoms with Gasteiger partial charge in [-0.2, -0.15) is 0 Å². The fourth-order valence-electron chi connectivity index (χ4n) is 4.60. The van der Waals surface area contributed by atoms with E-state index >= 15 is 0 Å². The van der Waals surface area contributed by atoms with Gasteiger partial charge in [-0.25, -0.2) is 0 Å². The molecule has 6 nitrogen and oxygen atoms in total. The Morgan fingerprint density at radius 3 is 2.55 bits per heavy atom. The zero-order valence-electron chi connectivity index (χ0n) is 17.6. The number of nitrogens with zero attached hydrogens (tertiary/aromatic N) is 3. The average molecular weight is 397 g/mol. The molecule has 0 spiro atoms. The summed E-state index contributed by atoms with van der Waals surface area (Å²) in [4.78, 5) is 17.1. The van der Waals surface area contributed by atoms with E-state index in [9.17, 15) is 4.79 Å². The van der Waals surface area contributed by atoms with Gasteiger partial charge in [0, 0.05) is 45.1 Å². The summed E-state index contributed by atoms with van der Waals surface area (Å²) < 4.78 is 7.52. The van der Waals surface area contributed by atoms with Crippen LogP contribution in [0, 0.1) is 0 Å². The molecule has 1 aromatic heterocycles. The van der Waals surface area contributed by atoms with Gasteiger partial charge in [0.2, 0.25) is 0 Å². The molecule has 0 radical (unpaired) electrons. The summed E-state index contributed by atoms with van der Waals surface area (Å²) in [5.74, 6) is -0.0280. The van der Waals surface area contributed by atoms with Crippen LogP contribution < -0.4 is 10.2 Å². The monoisotopic (exact) mass is 396 g/mol. The quantitative estimate of drug-likeness (QED) is 0.844. The Hall–Kier alpha value is -2.31. The lowest BCUT2D eigenvalue weighted by Crippen LogP contribution is -2.36. The fraction of sp³-hybridized carbons (Fsp3) is 0.522. The third-order valence-corrected chi connectivity index (χ3v) is 6.27. The zero-order valence-corrected chi connectivity index (χ0v) is 17.6. The van der Waals surface area contributed by atoms with Crippen LogP contribution in [-0.2, 0) is 18.3 Å². The van der Waals surface area contributed by atoms with Crippen molar-refractivity contribution < 1.29 is 9.53 Å². The van der Waals surface area contributed by atoms with Crippen LogP contribution in [0.2, 0.25) is 0 Å². The Bertz CT molecular complexity index is 824. The van der Waals surface area contributed by atoms with Crippen molar-refractivity contribution in [2.75, 3.05) is 44.8 Å². The standard InChI is InChI=1S/C23H32N4O2/c1-24-23(28)22-11-10-20(25(22)2)21-5-3-4-12-27(21)17-18-6-8-19(9-7-18)26-13-15-29-16-14-26/h6-11,21H,3-5,12-17H2,1-2H3,(H,24,28). The summed E-state index contributed by atoms with van der Waals surface area (Å²) in [6.45, 7) is 5.59. The lowest BCUT2D eigenvalue weighted by molar-refractivity contribution is 0.0952. The normalized spacial score (nSPS) is 20.6.